The Labute approximate surface area is 241 Å². The van der Waals surface area contributed by atoms with Crippen molar-refractivity contribution >= 4 is 8.80 Å². The summed E-state index contributed by atoms with van der Waals surface area (Å²) in [6, 6.07) is 0.963. The van der Waals surface area contributed by atoms with E-state index in [1.54, 1.807) is 0 Å². The molecule has 0 atom stereocenters. The van der Waals surface area contributed by atoms with Crippen molar-refractivity contribution < 1.29 is 30.2 Å². The molecule has 226 valence electrons. The second-order valence-corrected chi connectivity index (χ2v) is 14.4. The Kier molecular flexibility index (Phi) is 29.8. The quantitative estimate of drug-likeness (QED) is 0.0585. The van der Waals surface area contributed by atoms with Crippen LogP contribution in [0.25, 0.3) is 0 Å². The summed E-state index contributed by atoms with van der Waals surface area (Å²) in [5.41, 5.74) is 0. The molecule has 0 aliphatic rings. The maximum atomic E-state index is 6.44. The number of halogens is 1. The highest BCUT2D eigenvalue weighted by Crippen LogP contribution is 2.22. The molecule has 0 bridgehead atoms. The zero-order chi connectivity index (χ0) is 26.8. The molecule has 0 rings (SSSR count). The summed E-state index contributed by atoms with van der Waals surface area (Å²) in [4.78, 5) is 0. The zero-order valence-electron chi connectivity index (χ0n) is 26.2. The summed E-state index contributed by atoms with van der Waals surface area (Å²) in [5.74, 6) is 0. The van der Waals surface area contributed by atoms with Gasteiger partial charge in [0.2, 0.25) is 0 Å². The Morgan fingerprint density at radius 2 is 0.757 bits per heavy atom. The van der Waals surface area contributed by atoms with Crippen LogP contribution in [0.1, 0.15) is 150 Å². The summed E-state index contributed by atoms with van der Waals surface area (Å²) in [6.07, 6.45) is 24.9. The molecule has 0 aliphatic heterocycles. The first-order valence-electron chi connectivity index (χ1n) is 16.2. The average molecular weight is 566 g/mol. The minimum absolute atomic E-state index is 0. The third kappa shape index (κ3) is 25.1. The first-order valence-corrected chi connectivity index (χ1v) is 18.1. The van der Waals surface area contributed by atoms with Gasteiger partial charge < -0.3 is 30.2 Å². The largest absolute Gasteiger partial charge is 1.00 e. The molecule has 0 fully saturated rings. The molecule has 0 saturated heterocycles. The molecular formula is C31H68ClNO3Si. The Morgan fingerprint density at radius 3 is 1.14 bits per heavy atom. The minimum atomic E-state index is -2.59. The number of hydrogen-bond acceptors (Lipinski definition) is 3. The molecule has 0 aliphatic carbocycles. The summed E-state index contributed by atoms with van der Waals surface area (Å²) in [5, 5.41) is 0. The van der Waals surface area contributed by atoms with Crippen LogP contribution in [0.2, 0.25) is 6.04 Å². The molecule has 0 saturated carbocycles. The van der Waals surface area contributed by atoms with Crippen molar-refractivity contribution in [3.63, 3.8) is 0 Å². The van der Waals surface area contributed by atoms with E-state index in [4.69, 9.17) is 13.3 Å². The fourth-order valence-corrected chi connectivity index (χ4v) is 7.31. The molecule has 0 aromatic heterocycles. The smallest absolute Gasteiger partial charge is 0.501 e. The Hall–Kier alpha value is 0.347. The number of rotatable bonds is 29. The molecule has 0 aromatic carbocycles. The maximum absolute atomic E-state index is 6.44. The van der Waals surface area contributed by atoms with E-state index in [1.165, 1.54) is 90.1 Å². The molecule has 0 amide bonds. The summed E-state index contributed by atoms with van der Waals surface area (Å²) < 4.78 is 20.4. The molecule has 6 heteroatoms. The van der Waals surface area contributed by atoms with Crippen LogP contribution in [0.5, 0.6) is 0 Å². The van der Waals surface area contributed by atoms with E-state index in [9.17, 15) is 0 Å². The molecule has 0 N–H and O–H groups in total. The van der Waals surface area contributed by atoms with E-state index in [0.717, 1.165) is 75.3 Å². The Morgan fingerprint density at radius 1 is 0.432 bits per heavy atom. The van der Waals surface area contributed by atoms with Crippen LogP contribution in [-0.4, -0.2) is 60.3 Å². The van der Waals surface area contributed by atoms with Crippen LogP contribution in [0, 0.1) is 0 Å². The standard InChI is InChI=1S/C31H68NO3Si.ClH/c1-7-11-15-16-17-18-19-20-21-22-23-24-26-32(5,6)27-25-31-36(33-28-12-8-2,34-29-13-9-3)35-30-14-10-4;/h7-31H2,1-6H3;1H/q+1;/p-1. The van der Waals surface area contributed by atoms with Gasteiger partial charge in [-0.3, -0.25) is 0 Å². The van der Waals surface area contributed by atoms with Gasteiger partial charge in [0.25, 0.3) is 0 Å². The average Bonchev–Trinajstić information content (AvgIpc) is 2.85. The second kappa shape index (κ2) is 27.9. The second-order valence-electron chi connectivity index (χ2n) is 11.7. The molecule has 0 heterocycles. The zero-order valence-corrected chi connectivity index (χ0v) is 28.0. The van der Waals surface area contributed by atoms with Gasteiger partial charge >= 0.3 is 8.80 Å². The predicted octanol–water partition coefficient (Wildman–Crippen LogP) is 6.55. The van der Waals surface area contributed by atoms with Crippen molar-refractivity contribution in [2.75, 3.05) is 47.0 Å². The Bertz CT molecular complexity index is 428. The van der Waals surface area contributed by atoms with Gasteiger partial charge in [0.1, 0.15) is 0 Å². The van der Waals surface area contributed by atoms with Gasteiger partial charge in [-0.15, -0.1) is 0 Å². The van der Waals surface area contributed by atoms with Crippen molar-refractivity contribution in [3.05, 3.63) is 0 Å². The van der Waals surface area contributed by atoms with E-state index >= 15 is 0 Å². The topological polar surface area (TPSA) is 27.7 Å². The highest BCUT2D eigenvalue weighted by molar-refractivity contribution is 6.60. The normalized spacial score (nSPS) is 12.2. The Balaban J connectivity index is 0. The monoisotopic (exact) mass is 565 g/mol. The first-order chi connectivity index (χ1) is 17.4. The van der Waals surface area contributed by atoms with E-state index in [0.29, 0.717) is 0 Å². The number of unbranched alkanes of at least 4 members (excludes halogenated alkanes) is 14. The summed E-state index contributed by atoms with van der Waals surface area (Å²) in [6.45, 7) is 13.7. The van der Waals surface area contributed by atoms with Gasteiger partial charge in [0.05, 0.1) is 27.2 Å². The van der Waals surface area contributed by atoms with Gasteiger partial charge in [-0.05, 0) is 32.1 Å². The fraction of sp³-hybridized carbons (Fsp3) is 1.00. The molecule has 0 unspecified atom stereocenters. The van der Waals surface area contributed by atoms with Crippen molar-refractivity contribution in [3.8, 4) is 0 Å². The van der Waals surface area contributed by atoms with Crippen molar-refractivity contribution in [2.24, 2.45) is 0 Å². The van der Waals surface area contributed by atoms with Crippen LogP contribution in [-0.2, 0) is 13.3 Å². The van der Waals surface area contributed by atoms with Gasteiger partial charge in [-0.2, -0.15) is 0 Å². The highest BCUT2D eigenvalue weighted by atomic mass is 35.5. The lowest BCUT2D eigenvalue weighted by Crippen LogP contribution is -3.00. The molecule has 37 heavy (non-hydrogen) atoms. The van der Waals surface area contributed by atoms with E-state index in [1.807, 2.05) is 0 Å². The van der Waals surface area contributed by atoms with Crippen LogP contribution in [0.4, 0.5) is 0 Å². The predicted molar refractivity (Wildman–Crippen MR) is 161 cm³/mol. The van der Waals surface area contributed by atoms with Crippen molar-refractivity contribution in [1.82, 2.24) is 0 Å². The number of hydrogen-bond donors (Lipinski definition) is 0. The van der Waals surface area contributed by atoms with Crippen LogP contribution in [0.15, 0.2) is 0 Å². The third-order valence-corrected chi connectivity index (χ3v) is 10.2. The van der Waals surface area contributed by atoms with Gasteiger partial charge in [0, 0.05) is 32.3 Å². The molecule has 4 nitrogen and oxygen atoms in total. The molecular weight excluding hydrogens is 498 g/mol. The SMILES string of the molecule is CCCCCCCCCCCCCC[N+](C)(C)CCC[Si](OCCCC)(OCCCC)OCCCC.[Cl-]. The van der Waals surface area contributed by atoms with Gasteiger partial charge in [-0.1, -0.05) is 111 Å². The van der Waals surface area contributed by atoms with Crippen LogP contribution < -0.4 is 12.4 Å². The lowest BCUT2D eigenvalue weighted by atomic mass is 10.1. The lowest BCUT2D eigenvalue weighted by Gasteiger charge is -2.33. The molecule has 0 spiro atoms. The maximum Gasteiger partial charge on any atom is 0.501 e. The number of nitrogens with zero attached hydrogens (tertiary/aromatic N) is 1. The van der Waals surface area contributed by atoms with Crippen molar-refractivity contribution in [1.29, 1.82) is 0 Å². The molecule has 0 radical (unpaired) electrons. The van der Waals surface area contributed by atoms with E-state index in [-0.39, 0.29) is 12.4 Å². The summed E-state index contributed by atoms with van der Waals surface area (Å²) >= 11 is 0. The lowest BCUT2D eigenvalue weighted by molar-refractivity contribution is -0.890. The molecule has 0 aromatic rings. The third-order valence-electron chi connectivity index (χ3n) is 7.32. The number of quaternary nitrogens is 1. The van der Waals surface area contributed by atoms with E-state index in [2.05, 4.69) is 41.8 Å². The summed E-state index contributed by atoms with van der Waals surface area (Å²) in [7, 11) is 2.21. The fourth-order valence-electron chi connectivity index (χ4n) is 4.67. The van der Waals surface area contributed by atoms with Crippen molar-refractivity contribution in [2.45, 2.75) is 156 Å². The van der Waals surface area contributed by atoms with Gasteiger partial charge in [0.15, 0.2) is 0 Å². The highest BCUT2D eigenvalue weighted by Gasteiger charge is 2.41. The first kappa shape index (κ1) is 39.5. The minimum Gasteiger partial charge on any atom is -1.00 e. The van der Waals surface area contributed by atoms with Gasteiger partial charge in [-0.25, -0.2) is 0 Å². The van der Waals surface area contributed by atoms with Crippen LogP contribution in [0.3, 0.4) is 0 Å². The van der Waals surface area contributed by atoms with Crippen LogP contribution >= 0.6 is 0 Å². The van der Waals surface area contributed by atoms with E-state index < -0.39 is 8.80 Å².